The van der Waals surface area contributed by atoms with Gasteiger partial charge in [0, 0.05) is 29.8 Å². The van der Waals surface area contributed by atoms with Crippen LogP contribution in [0, 0.1) is 0 Å². The molecule has 0 aliphatic heterocycles. The van der Waals surface area contributed by atoms with Crippen molar-refractivity contribution in [3.8, 4) is 17.0 Å². The van der Waals surface area contributed by atoms with E-state index in [0.717, 1.165) is 25.0 Å². The molecule has 1 fully saturated rings. The Morgan fingerprint density at radius 2 is 1.97 bits per heavy atom. The zero-order valence-corrected chi connectivity index (χ0v) is 17.8. The van der Waals surface area contributed by atoms with Gasteiger partial charge >= 0.3 is 6.03 Å². The van der Waals surface area contributed by atoms with E-state index in [4.69, 9.17) is 11.6 Å². The lowest BCUT2D eigenvalue weighted by molar-refractivity contribution is 0.102. The van der Waals surface area contributed by atoms with Crippen LogP contribution >= 0.6 is 11.6 Å². The minimum Gasteiger partial charge on any atom is -0.507 e. The third kappa shape index (κ3) is 4.56. The summed E-state index contributed by atoms with van der Waals surface area (Å²) in [6.45, 7) is 2.56. The Kier molecular flexibility index (Phi) is 5.95. The molecular formula is C23H23ClN4O3. The fourth-order valence-electron chi connectivity index (χ4n) is 3.34. The highest BCUT2D eigenvalue weighted by Gasteiger charge is 2.30. The van der Waals surface area contributed by atoms with Gasteiger partial charge in [-0.2, -0.15) is 9.78 Å². The molecule has 2 amide bonds. The van der Waals surface area contributed by atoms with Crippen molar-refractivity contribution in [2.75, 3.05) is 11.9 Å². The summed E-state index contributed by atoms with van der Waals surface area (Å²) in [6, 6.07) is 13.1. The van der Waals surface area contributed by atoms with Crippen LogP contribution in [0.2, 0.25) is 5.02 Å². The first-order valence-corrected chi connectivity index (χ1v) is 10.6. The summed E-state index contributed by atoms with van der Waals surface area (Å²) >= 11 is 6.07. The van der Waals surface area contributed by atoms with Crippen LogP contribution in [0.3, 0.4) is 0 Å². The highest BCUT2D eigenvalue weighted by atomic mass is 35.5. The van der Waals surface area contributed by atoms with Gasteiger partial charge in [0.05, 0.1) is 22.0 Å². The molecule has 0 saturated heterocycles. The van der Waals surface area contributed by atoms with E-state index in [1.807, 2.05) is 13.0 Å². The lowest BCUT2D eigenvalue weighted by Crippen LogP contribution is -2.31. The molecule has 7 nitrogen and oxygen atoms in total. The molecule has 4 rings (SSSR count). The van der Waals surface area contributed by atoms with Crippen molar-refractivity contribution >= 4 is 29.2 Å². The third-order valence-electron chi connectivity index (χ3n) is 5.10. The van der Waals surface area contributed by atoms with Gasteiger partial charge in [0.2, 0.25) is 0 Å². The van der Waals surface area contributed by atoms with Crippen molar-refractivity contribution in [1.29, 1.82) is 0 Å². The van der Waals surface area contributed by atoms with Crippen LogP contribution < -0.4 is 10.6 Å². The number of phenolic OH excluding ortho intramolecular Hbond substituents is 1. The number of hydrogen-bond acceptors (Lipinski definition) is 4. The van der Waals surface area contributed by atoms with Gasteiger partial charge in [0.25, 0.3) is 5.91 Å². The third-order valence-corrected chi connectivity index (χ3v) is 5.43. The summed E-state index contributed by atoms with van der Waals surface area (Å²) in [7, 11) is 0. The number of nitrogens with one attached hydrogen (secondary N) is 2. The van der Waals surface area contributed by atoms with Gasteiger partial charge in [0.1, 0.15) is 5.75 Å². The number of benzene rings is 2. The Morgan fingerprint density at radius 1 is 1.19 bits per heavy atom. The predicted molar refractivity (Wildman–Crippen MR) is 120 cm³/mol. The average Bonchev–Trinajstić information content (AvgIpc) is 3.51. The van der Waals surface area contributed by atoms with Gasteiger partial charge in [-0.1, -0.05) is 30.7 Å². The number of halogens is 1. The van der Waals surface area contributed by atoms with E-state index >= 15 is 0 Å². The van der Waals surface area contributed by atoms with Gasteiger partial charge in [0.15, 0.2) is 0 Å². The van der Waals surface area contributed by atoms with Crippen molar-refractivity contribution in [1.82, 2.24) is 15.1 Å². The molecule has 0 spiro atoms. The van der Waals surface area contributed by atoms with Crippen LogP contribution in [0.25, 0.3) is 11.3 Å². The molecule has 3 aromatic rings. The second-order valence-electron chi connectivity index (χ2n) is 7.54. The molecule has 1 aliphatic carbocycles. The molecule has 0 atom stereocenters. The SMILES string of the molecule is CCCNC(=O)n1nc(-c2ccc(NC(=O)c3ccccc3Cl)cc2O)cc1C1CC1. The van der Waals surface area contributed by atoms with Gasteiger partial charge in [-0.3, -0.25) is 4.79 Å². The molecule has 31 heavy (non-hydrogen) atoms. The highest BCUT2D eigenvalue weighted by molar-refractivity contribution is 6.34. The van der Waals surface area contributed by atoms with Crippen molar-refractivity contribution in [3.05, 3.63) is 64.8 Å². The molecular weight excluding hydrogens is 416 g/mol. The molecule has 0 bridgehead atoms. The Labute approximate surface area is 185 Å². The maximum absolute atomic E-state index is 12.5. The first kappa shape index (κ1) is 20.9. The number of rotatable bonds is 6. The van der Waals surface area contributed by atoms with Gasteiger partial charge in [-0.25, -0.2) is 4.79 Å². The second-order valence-corrected chi connectivity index (χ2v) is 7.95. The van der Waals surface area contributed by atoms with Crippen molar-refractivity contribution < 1.29 is 14.7 Å². The topological polar surface area (TPSA) is 96.3 Å². The Balaban J connectivity index is 1.58. The van der Waals surface area contributed by atoms with E-state index in [1.165, 1.54) is 10.7 Å². The van der Waals surface area contributed by atoms with Crippen LogP contribution in [-0.2, 0) is 0 Å². The smallest absolute Gasteiger partial charge is 0.342 e. The van der Waals surface area contributed by atoms with Gasteiger partial charge in [-0.05, 0) is 49.6 Å². The van der Waals surface area contributed by atoms with Crippen LogP contribution in [0.15, 0.2) is 48.5 Å². The zero-order chi connectivity index (χ0) is 22.0. The van der Waals surface area contributed by atoms with Gasteiger partial charge in [-0.15, -0.1) is 0 Å². The van der Waals surface area contributed by atoms with Crippen LogP contribution in [0.5, 0.6) is 5.75 Å². The fraction of sp³-hybridized carbons (Fsp3) is 0.261. The Bertz CT molecular complexity index is 1140. The summed E-state index contributed by atoms with van der Waals surface area (Å²) in [5.74, 6) is -0.103. The molecule has 1 aromatic heterocycles. The van der Waals surface area contributed by atoms with Crippen molar-refractivity contribution in [2.45, 2.75) is 32.1 Å². The maximum Gasteiger partial charge on any atom is 0.342 e. The molecule has 0 radical (unpaired) electrons. The minimum atomic E-state index is -0.370. The first-order chi connectivity index (χ1) is 15.0. The number of hydrogen-bond donors (Lipinski definition) is 3. The normalized spacial score (nSPS) is 13.1. The summed E-state index contributed by atoms with van der Waals surface area (Å²) < 4.78 is 1.40. The molecule has 3 N–H and O–H groups in total. The lowest BCUT2D eigenvalue weighted by Gasteiger charge is -2.09. The molecule has 2 aromatic carbocycles. The minimum absolute atomic E-state index is 0.0436. The molecule has 1 saturated carbocycles. The Morgan fingerprint density at radius 3 is 2.65 bits per heavy atom. The highest BCUT2D eigenvalue weighted by Crippen LogP contribution is 2.42. The Hall–Kier alpha value is -3.32. The van der Waals surface area contributed by atoms with E-state index < -0.39 is 0 Å². The molecule has 160 valence electrons. The first-order valence-electron chi connectivity index (χ1n) is 10.3. The van der Waals surface area contributed by atoms with E-state index in [9.17, 15) is 14.7 Å². The predicted octanol–water partition coefficient (Wildman–Crippen LogP) is 5.01. The number of carbonyl (C=O) groups is 2. The van der Waals surface area contributed by atoms with E-state index in [0.29, 0.717) is 40.0 Å². The quantitative estimate of drug-likeness (QED) is 0.504. The number of carbonyl (C=O) groups excluding carboxylic acids is 2. The van der Waals surface area contributed by atoms with Crippen molar-refractivity contribution in [3.63, 3.8) is 0 Å². The largest absolute Gasteiger partial charge is 0.507 e. The van der Waals surface area contributed by atoms with Crippen LogP contribution in [-0.4, -0.2) is 33.4 Å². The van der Waals surface area contributed by atoms with Crippen molar-refractivity contribution in [2.24, 2.45) is 0 Å². The second kappa shape index (κ2) is 8.81. The summed E-state index contributed by atoms with van der Waals surface area (Å²) in [4.78, 5) is 24.9. The number of aromatic hydroxyl groups is 1. The standard InChI is InChI=1S/C23H23ClN4O3/c1-2-11-25-23(31)28-20(14-7-8-14)13-19(27-28)17-10-9-15(12-21(17)29)26-22(30)16-5-3-4-6-18(16)24/h3-6,9-10,12-14,29H,2,7-8,11H2,1H3,(H,25,31)(H,26,30). The fourth-order valence-corrected chi connectivity index (χ4v) is 3.56. The number of nitrogens with zero attached hydrogens (tertiary/aromatic N) is 2. The monoisotopic (exact) mass is 438 g/mol. The van der Waals surface area contributed by atoms with E-state index in [1.54, 1.807) is 36.4 Å². The number of amides is 2. The zero-order valence-electron chi connectivity index (χ0n) is 17.1. The number of anilines is 1. The summed E-state index contributed by atoms with van der Waals surface area (Å²) in [5, 5.41) is 21.0. The van der Waals surface area contributed by atoms with Crippen LogP contribution in [0.4, 0.5) is 10.5 Å². The maximum atomic E-state index is 12.5. The van der Waals surface area contributed by atoms with E-state index in [-0.39, 0.29) is 17.7 Å². The summed E-state index contributed by atoms with van der Waals surface area (Å²) in [6.07, 6.45) is 2.87. The van der Waals surface area contributed by atoms with Crippen LogP contribution in [0.1, 0.15) is 48.2 Å². The van der Waals surface area contributed by atoms with Gasteiger partial charge < -0.3 is 15.7 Å². The average molecular weight is 439 g/mol. The lowest BCUT2D eigenvalue weighted by atomic mass is 10.1. The molecule has 0 unspecified atom stereocenters. The summed E-state index contributed by atoms with van der Waals surface area (Å²) in [5.41, 5.74) is 2.61. The molecule has 1 aliphatic rings. The number of aromatic nitrogens is 2. The molecule has 8 heteroatoms. The molecule has 1 heterocycles. The van der Waals surface area contributed by atoms with E-state index in [2.05, 4.69) is 15.7 Å². The number of phenols is 1.